The first-order valence-corrected chi connectivity index (χ1v) is 5.78. The van der Waals surface area contributed by atoms with Crippen LogP contribution in [-0.2, 0) is 0 Å². The number of carbonyl (C=O) groups is 1. The molecule has 5 nitrogen and oxygen atoms in total. The smallest absolute Gasteiger partial charge is 0.320 e. The van der Waals surface area contributed by atoms with Gasteiger partial charge in [0.15, 0.2) is 0 Å². The van der Waals surface area contributed by atoms with Gasteiger partial charge in [0.25, 0.3) is 0 Å². The third-order valence-corrected chi connectivity index (χ3v) is 2.84. The van der Waals surface area contributed by atoms with Gasteiger partial charge in [-0.25, -0.2) is 9.48 Å². The summed E-state index contributed by atoms with van der Waals surface area (Å²) in [7, 11) is 0. The van der Waals surface area contributed by atoms with Crippen molar-refractivity contribution in [2.45, 2.75) is 45.2 Å². The molecule has 1 saturated carbocycles. The van der Waals surface area contributed by atoms with Crippen molar-refractivity contribution in [2.24, 2.45) is 0 Å². The third-order valence-electron chi connectivity index (χ3n) is 2.84. The predicted molar refractivity (Wildman–Crippen MR) is 62.4 cm³/mol. The minimum Gasteiger partial charge on any atom is -0.335 e. The third kappa shape index (κ3) is 2.35. The molecule has 2 amide bonds. The Morgan fingerprint density at radius 1 is 1.56 bits per heavy atom. The molecule has 5 heteroatoms. The average molecular weight is 222 g/mol. The second-order valence-electron chi connectivity index (χ2n) is 4.48. The Hall–Kier alpha value is -1.52. The Morgan fingerprint density at radius 3 is 2.88 bits per heavy atom. The van der Waals surface area contributed by atoms with Crippen LogP contribution in [0.25, 0.3) is 0 Å². The zero-order valence-electron chi connectivity index (χ0n) is 9.73. The lowest BCUT2D eigenvalue weighted by molar-refractivity contribution is 0.239. The molecule has 1 aromatic rings. The van der Waals surface area contributed by atoms with Crippen molar-refractivity contribution in [1.82, 2.24) is 15.1 Å². The van der Waals surface area contributed by atoms with Crippen LogP contribution < -0.4 is 10.6 Å². The predicted octanol–water partition coefficient (Wildman–Crippen LogP) is 2.14. The van der Waals surface area contributed by atoms with E-state index in [1.54, 1.807) is 16.9 Å². The molecule has 2 rings (SSSR count). The maximum Gasteiger partial charge on any atom is 0.320 e. The highest BCUT2D eigenvalue weighted by atomic mass is 16.2. The Labute approximate surface area is 95.2 Å². The van der Waals surface area contributed by atoms with Gasteiger partial charge in [0, 0.05) is 18.2 Å². The van der Waals surface area contributed by atoms with Crippen molar-refractivity contribution in [2.75, 3.05) is 5.32 Å². The van der Waals surface area contributed by atoms with E-state index in [0.29, 0.717) is 6.04 Å². The van der Waals surface area contributed by atoms with E-state index in [1.807, 2.05) is 13.8 Å². The highest BCUT2D eigenvalue weighted by Crippen LogP contribution is 2.18. The van der Waals surface area contributed by atoms with Crippen LogP contribution in [0, 0.1) is 0 Å². The second kappa shape index (κ2) is 4.55. The second-order valence-corrected chi connectivity index (χ2v) is 4.48. The molecule has 16 heavy (non-hydrogen) atoms. The van der Waals surface area contributed by atoms with Crippen molar-refractivity contribution in [1.29, 1.82) is 0 Å². The summed E-state index contributed by atoms with van der Waals surface area (Å²) in [6, 6.07) is 2.27. The molecule has 1 aromatic heterocycles. The van der Waals surface area contributed by atoms with Gasteiger partial charge in [-0.15, -0.1) is 0 Å². The van der Waals surface area contributed by atoms with Gasteiger partial charge in [0.05, 0.1) is 6.20 Å². The molecular weight excluding hydrogens is 204 g/mol. The molecule has 2 N–H and O–H groups in total. The number of nitrogens with one attached hydrogen (secondary N) is 2. The van der Waals surface area contributed by atoms with Crippen molar-refractivity contribution in [3.05, 3.63) is 12.3 Å². The van der Waals surface area contributed by atoms with Crippen LogP contribution in [0.5, 0.6) is 0 Å². The first-order valence-electron chi connectivity index (χ1n) is 5.78. The number of amides is 2. The average Bonchev–Trinajstić information content (AvgIpc) is 2.59. The molecule has 0 spiro atoms. The van der Waals surface area contributed by atoms with E-state index in [4.69, 9.17) is 0 Å². The van der Waals surface area contributed by atoms with Gasteiger partial charge in [-0.1, -0.05) is 0 Å². The summed E-state index contributed by atoms with van der Waals surface area (Å²) in [5.41, 5.74) is 0. The van der Waals surface area contributed by atoms with E-state index in [2.05, 4.69) is 15.7 Å². The lowest BCUT2D eigenvalue weighted by atomic mass is 9.93. The van der Waals surface area contributed by atoms with Crippen LogP contribution >= 0.6 is 0 Å². The van der Waals surface area contributed by atoms with Gasteiger partial charge < -0.3 is 5.32 Å². The molecule has 0 saturated heterocycles. The van der Waals surface area contributed by atoms with Gasteiger partial charge in [-0.05, 0) is 33.1 Å². The molecule has 0 radical (unpaired) electrons. The molecule has 1 aliphatic carbocycles. The molecule has 0 aliphatic heterocycles. The summed E-state index contributed by atoms with van der Waals surface area (Å²) in [5, 5.41) is 9.91. The fourth-order valence-corrected chi connectivity index (χ4v) is 1.72. The summed E-state index contributed by atoms with van der Waals surface area (Å²) >= 11 is 0. The number of aromatic nitrogens is 2. The van der Waals surface area contributed by atoms with Crippen LogP contribution in [0.1, 0.15) is 39.2 Å². The van der Waals surface area contributed by atoms with Gasteiger partial charge in [-0.2, -0.15) is 5.10 Å². The number of hydrogen-bond acceptors (Lipinski definition) is 2. The van der Waals surface area contributed by atoms with Crippen LogP contribution in [0.4, 0.5) is 10.6 Å². The number of anilines is 1. The van der Waals surface area contributed by atoms with E-state index >= 15 is 0 Å². The molecule has 0 unspecified atom stereocenters. The monoisotopic (exact) mass is 222 g/mol. The first kappa shape index (κ1) is 11.0. The molecule has 1 aliphatic rings. The van der Waals surface area contributed by atoms with Crippen molar-refractivity contribution in [3.63, 3.8) is 0 Å². The molecule has 1 fully saturated rings. The maximum absolute atomic E-state index is 11.6. The Bertz CT molecular complexity index is 368. The van der Waals surface area contributed by atoms with E-state index in [-0.39, 0.29) is 12.1 Å². The lowest BCUT2D eigenvalue weighted by Crippen LogP contribution is -2.42. The normalized spacial score (nSPS) is 15.9. The van der Waals surface area contributed by atoms with E-state index in [1.165, 1.54) is 6.42 Å². The quantitative estimate of drug-likeness (QED) is 0.823. The first-order chi connectivity index (χ1) is 7.66. The standard InChI is InChI=1S/C11H18N4O/c1-8(2)15-10(6-7-12-15)14-11(16)13-9-4-3-5-9/h6-9H,3-5H2,1-2H3,(H2,13,14,16). The summed E-state index contributed by atoms with van der Waals surface area (Å²) in [6.45, 7) is 4.06. The Kier molecular flexibility index (Phi) is 3.12. The number of nitrogens with zero attached hydrogens (tertiary/aromatic N) is 2. The number of hydrogen-bond donors (Lipinski definition) is 2. The lowest BCUT2D eigenvalue weighted by Gasteiger charge is -2.26. The SMILES string of the molecule is CC(C)n1nccc1NC(=O)NC1CCC1. The summed E-state index contributed by atoms with van der Waals surface area (Å²) < 4.78 is 1.79. The van der Waals surface area contributed by atoms with Crippen LogP contribution in [-0.4, -0.2) is 21.9 Å². The van der Waals surface area contributed by atoms with Crippen molar-refractivity contribution in [3.8, 4) is 0 Å². The zero-order chi connectivity index (χ0) is 11.5. The highest BCUT2D eigenvalue weighted by molar-refractivity contribution is 5.88. The van der Waals surface area contributed by atoms with Gasteiger partial charge in [0.1, 0.15) is 5.82 Å². The molecule has 0 aromatic carbocycles. The largest absolute Gasteiger partial charge is 0.335 e. The Morgan fingerprint density at radius 2 is 2.31 bits per heavy atom. The van der Waals surface area contributed by atoms with Gasteiger partial charge in [-0.3, -0.25) is 5.32 Å². The number of urea groups is 1. The van der Waals surface area contributed by atoms with Gasteiger partial charge >= 0.3 is 6.03 Å². The number of rotatable bonds is 3. The van der Waals surface area contributed by atoms with E-state index in [0.717, 1.165) is 18.7 Å². The fraction of sp³-hybridized carbons (Fsp3) is 0.636. The van der Waals surface area contributed by atoms with Crippen LogP contribution in [0.2, 0.25) is 0 Å². The molecule has 88 valence electrons. The summed E-state index contributed by atoms with van der Waals surface area (Å²) in [5.74, 6) is 0.742. The minimum atomic E-state index is -0.132. The zero-order valence-corrected chi connectivity index (χ0v) is 9.73. The summed E-state index contributed by atoms with van der Waals surface area (Å²) in [6.07, 6.45) is 5.10. The van der Waals surface area contributed by atoms with Crippen molar-refractivity contribution >= 4 is 11.8 Å². The molecular formula is C11H18N4O. The van der Waals surface area contributed by atoms with Crippen LogP contribution in [0.3, 0.4) is 0 Å². The molecule has 0 atom stereocenters. The van der Waals surface area contributed by atoms with Crippen molar-refractivity contribution < 1.29 is 4.79 Å². The van der Waals surface area contributed by atoms with Gasteiger partial charge in [0.2, 0.25) is 0 Å². The summed E-state index contributed by atoms with van der Waals surface area (Å²) in [4.78, 5) is 11.6. The number of carbonyl (C=O) groups excluding carboxylic acids is 1. The fourth-order valence-electron chi connectivity index (χ4n) is 1.72. The topological polar surface area (TPSA) is 59.0 Å². The van der Waals surface area contributed by atoms with Crippen LogP contribution in [0.15, 0.2) is 12.3 Å². The Balaban J connectivity index is 1.91. The molecule has 0 bridgehead atoms. The molecule has 1 heterocycles. The van der Waals surface area contributed by atoms with E-state index < -0.39 is 0 Å². The maximum atomic E-state index is 11.6. The van der Waals surface area contributed by atoms with E-state index in [9.17, 15) is 4.79 Å². The minimum absolute atomic E-state index is 0.132. The highest BCUT2D eigenvalue weighted by Gasteiger charge is 2.19.